The van der Waals surface area contributed by atoms with E-state index in [2.05, 4.69) is 4.18 Å². The molecule has 5 heteroatoms. The van der Waals surface area contributed by atoms with Gasteiger partial charge in [-0.2, -0.15) is 8.42 Å². The summed E-state index contributed by atoms with van der Waals surface area (Å²) in [5.74, 6) is 0.0521. The van der Waals surface area contributed by atoms with Crippen molar-refractivity contribution in [1.82, 2.24) is 0 Å². The highest BCUT2D eigenvalue weighted by molar-refractivity contribution is 7.86. The predicted molar refractivity (Wildman–Crippen MR) is 44.3 cm³/mol. The molecule has 0 radical (unpaired) electrons. The predicted octanol–water partition coefficient (Wildman–Crippen LogP) is 0.389. The average Bonchev–Trinajstić information content (AvgIpc) is 2.35. The van der Waals surface area contributed by atoms with Crippen molar-refractivity contribution in [3.05, 3.63) is 0 Å². The normalized spacial score (nSPS) is 30.8. The maximum absolute atomic E-state index is 11.1. The highest BCUT2D eigenvalue weighted by Crippen LogP contribution is 2.29. The molecular formula is C7H14O4S. The fourth-order valence-corrected chi connectivity index (χ4v) is 2.51. The Bertz CT molecular complexity index is 238. The highest BCUT2D eigenvalue weighted by Gasteiger charge is 2.34. The number of hydrogen-bond acceptors (Lipinski definition) is 4. The zero-order chi connectivity index (χ0) is 9.24. The molecular weight excluding hydrogens is 180 g/mol. The molecule has 12 heavy (non-hydrogen) atoms. The summed E-state index contributed by atoms with van der Waals surface area (Å²) in [5.41, 5.74) is -0.255. The quantitative estimate of drug-likeness (QED) is 0.610. The fraction of sp³-hybridized carbons (Fsp3) is 1.00. The molecule has 0 bridgehead atoms. The molecule has 0 spiro atoms. The van der Waals surface area contributed by atoms with Gasteiger partial charge < -0.3 is 4.74 Å². The third-order valence-corrected chi connectivity index (χ3v) is 3.64. The number of hydrogen-bond donors (Lipinski definition) is 0. The zero-order valence-electron chi connectivity index (χ0n) is 7.37. The summed E-state index contributed by atoms with van der Waals surface area (Å²) in [7, 11) is -2.15. The molecule has 72 valence electrons. The minimum absolute atomic E-state index is 0.0521. The minimum Gasteiger partial charge on any atom is -0.381 e. The van der Waals surface area contributed by atoms with E-state index >= 15 is 0 Å². The molecule has 0 aliphatic carbocycles. The monoisotopic (exact) mass is 194 g/mol. The lowest BCUT2D eigenvalue weighted by Gasteiger charge is -2.19. The van der Waals surface area contributed by atoms with Gasteiger partial charge in [0.2, 0.25) is 0 Å². The van der Waals surface area contributed by atoms with Crippen LogP contribution in [0.15, 0.2) is 0 Å². The van der Waals surface area contributed by atoms with Gasteiger partial charge in [-0.15, -0.1) is 0 Å². The fourth-order valence-electron chi connectivity index (χ4n) is 1.31. The van der Waals surface area contributed by atoms with Gasteiger partial charge in [0.25, 0.3) is 10.1 Å². The smallest absolute Gasteiger partial charge is 0.267 e. The Labute approximate surface area is 73.0 Å². The first-order valence-electron chi connectivity index (χ1n) is 3.83. The molecule has 0 N–H and O–H groups in total. The van der Waals surface area contributed by atoms with Gasteiger partial charge in [-0.05, 0) is 6.42 Å². The van der Waals surface area contributed by atoms with E-state index in [1.54, 1.807) is 0 Å². The van der Waals surface area contributed by atoms with Gasteiger partial charge in [0.05, 0.1) is 19.5 Å². The van der Waals surface area contributed by atoms with Gasteiger partial charge in [-0.3, -0.25) is 4.18 Å². The van der Waals surface area contributed by atoms with Crippen molar-refractivity contribution < 1.29 is 17.3 Å². The lowest BCUT2D eigenvalue weighted by molar-refractivity contribution is 0.166. The molecule has 0 aromatic rings. The average molecular weight is 194 g/mol. The van der Waals surface area contributed by atoms with Crippen LogP contribution in [0.25, 0.3) is 0 Å². The SMILES string of the molecule is COS(=O)(=O)CC1(C)CCOC1. The Hall–Kier alpha value is -0.130. The first-order valence-corrected chi connectivity index (χ1v) is 5.41. The van der Waals surface area contributed by atoms with E-state index in [1.807, 2.05) is 6.92 Å². The van der Waals surface area contributed by atoms with E-state index in [9.17, 15) is 8.42 Å². The van der Waals surface area contributed by atoms with Crippen molar-refractivity contribution in [3.63, 3.8) is 0 Å². The largest absolute Gasteiger partial charge is 0.381 e. The van der Waals surface area contributed by atoms with E-state index in [1.165, 1.54) is 7.11 Å². The number of ether oxygens (including phenoxy) is 1. The Balaban J connectivity index is 2.61. The van der Waals surface area contributed by atoms with E-state index < -0.39 is 10.1 Å². The van der Waals surface area contributed by atoms with Crippen molar-refractivity contribution in [3.8, 4) is 0 Å². The highest BCUT2D eigenvalue weighted by atomic mass is 32.2. The maximum Gasteiger partial charge on any atom is 0.267 e. The van der Waals surface area contributed by atoms with Crippen molar-refractivity contribution >= 4 is 10.1 Å². The molecule has 1 aliphatic heterocycles. The van der Waals surface area contributed by atoms with Gasteiger partial charge in [0.15, 0.2) is 0 Å². The summed E-state index contributed by atoms with van der Waals surface area (Å²) in [6, 6.07) is 0. The van der Waals surface area contributed by atoms with Crippen LogP contribution in [0.4, 0.5) is 0 Å². The molecule has 0 amide bonds. The van der Waals surface area contributed by atoms with Gasteiger partial charge >= 0.3 is 0 Å². The van der Waals surface area contributed by atoms with Crippen LogP contribution in [0, 0.1) is 5.41 Å². The van der Waals surface area contributed by atoms with Crippen LogP contribution in [0.1, 0.15) is 13.3 Å². The summed E-state index contributed by atoms with van der Waals surface area (Å²) < 4.78 is 31.7. The molecule has 1 atom stereocenters. The molecule has 1 fully saturated rings. The molecule has 4 nitrogen and oxygen atoms in total. The van der Waals surface area contributed by atoms with Gasteiger partial charge in [-0.25, -0.2) is 0 Å². The third-order valence-electron chi connectivity index (χ3n) is 2.08. The molecule has 1 saturated heterocycles. The summed E-state index contributed by atoms with van der Waals surface area (Å²) in [4.78, 5) is 0. The first-order chi connectivity index (χ1) is 5.47. The molecule has 0 saturated carbocycles. The van der Waals surface area contributed by atoms with Crippen LogP contribution < -0.4 is 0 Å². The van der Waals surface area contributed by atoms with Crippen molar-refractivity contribution in [2.75, 3.05) is 26.1 Å². The Morgan fingerprint density at radius 1 is 1.58 bits per heavy atom. The summed E-state index contributed by atoms with van der Waals surface area (Å²) in [6.07, 6.45) is 0.787. The van der Waals surface area contributed by atoms with Crippen LogP contribution in [0.3, 0.4) is 0 Å². The molecule has 1 aliphatic rings. The van der Waals surface area contributed by atoms with Crippen LogP contribution in [-0.4, -0.2) is 34.5 Å². The van der Waals surface area contributed by atoms with Gasteiger partial charge in [0.1, 0.15) is 0 Å². The van der Waals surface area contributed by atoms with Gasteiger partial charge in [0, 0.05) is 12.0 Å². The minimum atomic E-state index is -3.34. The van der Waals surface area contributed by atoms with E-state index in [-0.39, 0.29) is 11.2 Å². The Morgan fingerprint density at radius 3 is 2.67 bits per heavy atom. The van der Waals surface area contributed by atoms with E-state index in [0.717, 1.165) is 6.42 Å². The summed E-state index contributed by atoms with van der Waals surface area (Å²) in [5, 5.41) is 0. The van der Waals surface area contributed by atoms with Gasteiger partial charge in [-0.1, -0.05) is 6.92 Å². The van der Waals surface area contributed by atoms with Crippen LogP contribution >= 0.6 is 0 Å². The topological polar surface area (TPSA) is 52.6 Å². The van der Waals surface area contributed by atoms with Crippen molar-refractivity contribution in [2.24, 2.45) is 5.41 Å². The molecule has 0 aromatic heterocycles. The first kappa shape index (κ1) is 9.95. The van der Waals surface area contributed by atoms with Crippen LogP contribution in [-0.2, 0) is 19.0 Å². The lowest BCUT2D eigenvalue weighted by Crippen LogP contribution is -2.27. The standard InChI is InChI=1S/C7H14O4S/c1-7(3-4-11-5-7)6-12(8,9)10-2/h3-6H2,1-2H3. The molecule has 1 unspecified atom stereocenters. The van der Waals surface area contributed by atoms with E-state index in [4.69, 9.17) is 4.74 Å². The third kappa shape index (κ3) is 2.43. The van der Waals surface area contributed by atoms with Crippen LogP contribution in [0.2, 0.25) is 0 Å². The zero-order valence-corrected chi connectivity index (χ0v) is 8.19. The Morgan fingerprint density at radius 2 is 2.25 bits per heavy atom. The van der Waals surface area contributed by atoms with Crippen molar-refractivity contribution in [2.45, 2.75) is 13.3 Å². The second kappa shape index (κ2) is 3.32. The molecule has 0 aromatic carbocycles. The maximum atomic E-state index is 11.1. The molecule has 1 rings (SSSR count). The summed E-state index contributed by atoms with van der Waals surface area (Å²) in [6.45, 7) is 3.06. The summed E-state index contributed by atoms with van der Waals surface area (Å²) >= 11 is 0. The van der Waals surface area contributed by atoms with Crippen molar-refractivity contribution in [1.29, 1.82) is 0 Å². The second-order valence-corrected chi connectivity index (χ2v) is 5.22. The van der Waals surface area contributed by atoms with Crippen LogP contribution in [0.5, 0.6) is 0 Å². The Kier molecular flexibility index (Phi) is 2.75. The van der Waals surface area contributed by atoms with E-state index in [0.29, 0.717) is 13.2 Å². The lowest BCUT2D eigenvalue weighted by atomic mass is 9.93. The second-order valence-electron chi connectivity index (χ2n) is 3.48. The number of rotatable bonds is 3. The molecule has 1 heterocycles.